The van der Waals surface area contributed by atoms with Crippen LogP contribution in [-0.2, 0) is 0 Å². The van der Waals surface area contributed by atoms with Gasteiger partial charge in [0.05, 0.1) is 17.6 Å². The van der Waals surface area contributed by atoms with Crippen molar-refractivity contribution in [1.82, 2.24) is 9.97 Å². The molecule has 3 aromatic rings. The van der Waals surface area contributed by atoms with Crippen molar-refractivity contribution >= 4 is 28.0 Å². The van der Waals surface area contributed by atoms with Crippen LogP contribution in [0.5, 0.6) is 0 Å². The second-order valence-corrected chi connectivity index (χ2v) is 4.88. The molecular weight excluding hydrogens is 269 g/mol. The monoisotopic (exact) mass is 283 g/mol. The smallest absolute Gasteiger partial charge is 0.154 e. The summed E-state index contributed by atoms with van der Waals surface area (Å²) >= 11 is 0. The zero-order valence-electron chi connectivity index (χ0n) is 11.4. The van der Waals surface area contributed by atoms with Gasteiger partial charge >= 0.3 is 0 Å². The van der Waals surface area contributed by atoms with Crippen LogP contribution in [0.4, 0.5) is 21.6 Å². The Morgan fingerprint density at radius 3 is 2.52 bits per heavy atom. The average molecular weight is 283 g/mol. The first-order valence-corrected chi connectivity index (χ1v) is 6.32. The number of halogens is 1. The SMILES string of the molecule is Cc1c(N)cncc1-c1cc2cc(N)ncc2c(N)c1F. The highest BCUT2D eigenvalue weighted by Crippen LogP contribution is 2.35. The van der Waals surface area contributed by atoms with Gasteiger partial charge in [-0.1, -0.05) is 0 Å². The third-order valence-electron chi connectivity index (χ3n) is 3.56. The van der Waals surface area contributed by atoms with Crippen molar-refractivity contribution in [2.45, 2.75) is 6.92 Å². The first-order chi connectivity index (χ1) is 9.99. The molecule has 0 bridgehead atoms. The quantitative estimate of drug-likeness (QED) is 0.595. The molecule has 0 spiro atoms. The van der Waals surface area contributed by atoms with E-state index in [1.165, 1.54) is 12.4 Å². The van der Waals surface area contributed by atoms with Crippen LogP contribution in [0, 0.1) is 12.7 Å². The molecule has 5 nitrogen and oxygen atoms in total. The van der Waals surface area contributed by atoms with Gasteiger partial charge in [-0.3, -0.25) is 4.98 Å². The highest BCUT2D eigenvalue weighted by atomic mass is 19.1. The summed E-state index contributed by atoms with van der Waals surface area (Å²) in [5.74, 6) is -0.161. The number of hydrogen-bond donors (Lipinski definition) is 3. The maximum atomic E-state index is 14.6. The van der Waals surface area contributed by atoms with E-state index in [-0.39, 0.29) is 5.69 Å². The first kappa shape index (κ1) is 13.1. The van der Waals surface area contributed by atoms with E-state index in [0.717, 1.165) is 10.9 Å². The van der Waals surface area contributed by atoms with E-state index in [9.17, 15) is 4.39 Å². The molecular formula is C15H14FN5. The fourth-order valence-electron chi connectivity index (χ4n) is 2.32. The molecule has 0 aliphatic heterocycles. The summed E-state index contributed by atoms with van der Waals surface area (Å²) in [6.07, 6.45) is 4.57. The van der Waals surface area contributed by atoms with E-state index >= 15 is 0 Å². The lowest BCUT2D eigenvalue weighted by molar-refractivity contribution is 0.637. The third kappa shape index (κ3) is 2.01. The number of rotatable bonds is 1. The number of nitrogens with zero attached hydrogens (tertiary/aromatic N) is 2. The lowest BCUT2D eigenvalue weighted by Gasteiger charge is -2.12. The molecule has 0 unspecified atom stereocenters. The number of anilines is 3. The van der Waals surface area contributed by atoms with Gasteiger partial charge in [-0.25, -0.2) is 9.37 Å². The Morgan fingerprint density at radius 1 is 1.00 bits per heavy atom. The standard InChI is InChI=1S/C15H14FN5/c1-7-10(4-20-6-12(7)17)9-2-8-3-13(18)21-5-11(8)15(19)14(9)16/h2-6H,17,19H2,1H3,(H2,18,21). The van der Waals surface area contributed by atoms with Crippen LogP contribution in [0.2, 0.25) is 0 Å². The Balaban J connectivity index is 2.37. The van der Waals surface area contributed by atoms with Gasteiger partial charge < -0.3 is 17.2 Å². The van der Waals surface area contributed by atoms with Crippen LogP contribution in [0.25, 0.3) is 21.9 Å². The van der Waals surface area contributed by atoms with E-state index < -0.39 is 5.82 Å². The maximum Gasteiger partial charge on any atom is 0.154 e. The molecule has 0 amide bonds. The predicted molar refractivity (Wildman–Crippen MR) is 82.9 cm³/mol. The summed E-state index contributed by atoms with van der Waals surface area (Å²) < 4.78 is 14.6. The number of aromatic nitrogens is 2. The van der Waals surface area contributed by atoms with Gasteiger partial charge in [0.1, 0.15) is 5.82 Å². The van der Waals surface area contributed by atoms with Crippen molar-refractivity contribution in [3.05, 3.63) is 42.1 Å². The normalized spacial score (nSPS) is 11.0. The number of nitrogen functional groups attached to an aromatic ring is 3. The molecule has 1 aromatic carbocycles. The minimum Gasteiger partial charge on any atom is -0.397 e. The second-order valence-electron chi connectivity index (χ2n) is 4.88. The van der Waals surface area contributed by atoms with E-state index in [4.69, 9.17) is 17.2 Å². The maximum absolute atomic E-state index is 14.6. The summed E-state index contributed by atoms with van der Waals surface area (Å²) in [5.41, 5.74) is 19.7. The van der Waals surface area contributed by atoms with Gasteiger partial charge in [0.15, 0.2) is 5.82 Å². The molecule has 106 valence electrons. The fourth-order valence-corrected chi connectivity index (χ4v) is 2.32. The van der Waals surface area contributed by atoms with Crippen molar-refractivity contribution in [2.75, 3.05) is 17.2 Å². The number of nitrogens with two attached hydrogens (primary N) is 3. The number of benzene rings is 1. The molecule has 0 saturated heterocycles. The van der Waals surface area contributed by atoms with Crippen LogP contribution in [0.1, 0.15) is 5.56 Å². The number of fused-ring (bicyclic) bond motifs is 1. The summed E-state index contributed by atoms with van der Waals surface area (Å²) in [4.78, 5) is 7.96. The number of hydrogen-bond acceptors (Lipinski definition) is 5. The summed E-state index contributed by atoms with van der Waals surface area (Å²) in [5, 5.41) is 1.25. The number of pyridine rings is 2. The highest BCUT2D eigenvalue weighted by Gasteiger charge is 2.15. The lowest BCUT2D eigenvalue weighted by atomic mass is 9.97. The van der Waals surface area contributed by atoms with Gasteiger partial charge in [-0.15, -0.1) is 0 Å². The van der Waals surface area contributed by atoms with Crippen molar-refractivity contribution in [2.24, 2.45) is 0 Å². The fraction of sp³-hybridized carbons (Fsp3) is 0.0667. The van der Waals surface area contributed by atoms with Gasteiger partial charge in [0.25, 0.3) is 0 Å². The average Bonchev–Trinajstić information content (AvgIpc) is 2.46. The topological polar surface area (TPSA) is 104 Å². The van der Waals surface area contributed by atoms with Crippen LogP contribution in [-0.4, -0.2) is 9.97 Å². The third-order valence-corrected chi connectivity index (χ3v) is 3.56. The minimum absolute atomic E-state index is 0.0387. The molecule has 2 heterocycles. The van der Waals surface area contributed by atoms with Crippen LogP contribution < -0.4 is 17.2 Å². The molecule has 3 rings (SSSR count). The summed E-state index contributed by atoms with van der Waals surface area (Å²) in [6, 6.07) is 3.34. The van der Waals surface area contributed by atoms with Gasteiger partial charge in [0.2, 0.25) is 0 Å². The molecule has 6 heteroatoms. The van der Waals surface area contributed by atoms with Crippen molar-refractivity contribution in [3.8, 4) is 11.1 Å². The molecule has 0 aliphatic rings. The summed E-state index contributed by atoms with van der Waals surface area (Å²) in [7, 11) is 0. The second kappa shape index (κ2) is 4.59. The summed E-state index contributed by atoms with van der Waals surface area (Å²) in [6.45, 7) is 1.81. The zero-order valence-corrected chi connectivity index (χ0v) is 11.4. The van der Waals surface area contributed by atoms with E-state index in [0.29, 0.717) is 28.0 Å². The first-order valence-electron chi connectivity index (χ1n) is 6.32. The minimum atomic E-state index is -0.510. The zero-order chi connectivity index (χ0) is 15.1. The molecule has 21 heavy (non-hydrogen) atoms. The largest absolute Gasteiger partial charge is 0.397 e. The van der Waals surface area contributed by atoms with E-state index in [2.05, 4.69) is 9.97 Å². The van der Waals surface area contributed by atoms with Crippen molar-refractivity contribution < 1.29 is 4.39 Å². The van der Waals surface area contributed by atoms with Gasteiger partial charge in [0, 0.05) is 28.9 Å². The Morgan fingerprint density at radius 2 is 1.76 bits per heavy atom. The highest BCUT2D eigenvalue weighted by molar-refractivity contribution is 5.98. The van der Waals surface area contributed by atoms with E-state index in [1.54, 1.807) is 18.3 Å². The molecule has 0 aliphatic carbocycles. The Kier molecular flexibility index (Phi) is 2.86. The van der Waals surface area contributed by atoms with Crippen molar-refractivity contribution in [3.63, 3.8) is 0 Å². The lowest BCUT2D eigenvalue weighted by Crippen LogP contribution is -2.00. The van der Waals surface area contributed by atoms with Crippen molar-refractivity contribution in [1.29, 1.82) is 0 Å². The molecule has 6 N–H and O–H groups in total. The van der Waals surface area contributed by atoms with Crippen LogP contribution >= 0.6 is 0 Å². The van der Waals surface area contributed by atoms with Crippen LogP contribution in [0.3, 0.4) is 0 Å². The Labute approximate surface area is 120 Å². The van der Waals surface area contributed by atoms with Gasteiger partial charge in [-0.2, -0.15) is 0 Å². The van der Waals surface area contributed by atoms with E-state index in [1.807, 2.05) is 6.92 Å². The molecule has 0 atom stereocenters. The molecule has 0 fully saturated rings. The predicted octanol–water partition coefficient (Wildman–Crippen LogP) is 2.49. The van der Waals surface area contributed by atoms with Crippen LogP contribution in [0.15, 0.2) is 30.7 Å². The molecule has 2 aromatic heterocycles. The molecule has 0 radical (unpaired) electrons. The van der Waals surface area contributed by atoms with Gasteiger partial charge in [-0.05, 0) is 30.0 Å². The Hall–Kier alpha value is -2.89. The molecule has 0 saturated carbocycles. The Bertz CT molecular complexity index is 860.